The number of rotatable bonds is 9. The maximum absolute atomic E-state index is 12.4. The zero-order chi connectivity index (χ0) is 21.7. The molecule has 1 atom stereocenters. The van der Waals surface area contributed by atoms with Gasteiger partial charge in [0.25, 0.3) is 0 Å². The number of sulfonamides is 1. The molecule has 162 valence electrons. The third-order valence-electron chi connectivity index (χ3n) is 5.80. The zero-order valence-corrected chi connectivity index (χ0v) is 19.0. The van der Waals surface area contributed by atoms with Gasteiger partial charge in [0, 0.05) is 13.0 Å². The van der Waals surface area contributed by atoms with Crippen LogP contribution in [0.4, 0.5) is 5.69 Å². The van der Waals surface area contributed by atoms with E-state index in [0.29, 0.717) is 12.1 Å². The van der Waals surface area contributed by atoms with E-state index in [9.17, 15) is 13.2 Å². The molecule has 0 heterocycles. The minimum absolute atomic E-state index is 0.0576. The highest BCUT2D eigenvalue weighted by Gasteiger charge is 2.19. The van der Waals surface area contributed by atoms with Crippen molar-refractivity contribution in [2.24, 2.45) is 0 Å². The third-order valence-corrected chi connectivity index (χ3v) is 6.99. The van der Waals surface area contributed by atoms with Gasteiger partial charge in [0.1, 0.15) is 0 Å². The van der Waals surface area contributed by atoms with E-state index in [1.807, 2.05) is 31.2 Å². The smallest absolute Gasteiger partial charge is 0.232 e. The largest absolute Gasteiger partial charge is 0.350 e. The van der Waals surface area contributed by atoms with E-state index in [2.05, 4.69) is 30.4 Å². The summed E-state index contributed by atoms with van der Waals surface area (Å²) in [7, 11) is -3.41. The van der Waals surface area contributed by atoms with Crippen molar-refractivity contribution in [1.29, 1.82) is 0 Å². The number of fused-ring (bicyclic) bond motifs is 1. The van der Waals surface area contributed by atoms with E-state index in [0.717, 1.165) is 30.4 Å². The van der Waals surface area contributed by atoms with Gasteiger partial charge in [-0.05, 0) is 73.4 Å². The van der Waals surface area contributed by atoms with Gasteiger partial charge in [-0.2, -0.15) is 0 Å². The molecule has 0 saturated heterocycles. The fraction of sp³-hybridized carbons (Fsp3) is 0.458. The van der Waals surface area contributed by atoms with Crippen LogP contribution in [-0.4, -0.2) is 27.1 Å². The molecule has 1 amide bonds. The SMILES string of the molecule is CCc1ccc(N(CCCC(=O)N[C@@H](C)c2ccc3c(c2)CCC3)S(C)(=O)=O)cc1. The summed E-state index contributed by atoms with van der Waals surface area (Å²) in [5.41, 5.74) is 5.74. The Morgan fingerprint density at radius 3 is 2.47 bits per heavy atom. The van der Waals surface area contributed by atoms with E-state index in [1.165, 1.54) is 28.1 Å². The molecular weight excluding hydrogens is 396 g/mol. The van der Waals surface area contributed by atoms with Crippen LogP contribution in [-0.2, 0) is 34.1 Å². The van der Waals surface area contributed by atoms with E-state index < -0.39 is 10.0 Å². The second kappa shape index (κ2) is 9.65. The first-order valence-corrected chi connectivity index (χ1v) is 12.6. The molecule has 2 aromatic rings. The number of hydrogen-bond donors (Lipinski definition) is 1. The van der Waals surface area contributed by atoms with Crippen molar-refractivity contribution in [2.45, 2.75) is 58.4 Å². The summed E-state index contributed by atoms with van der Waals surface area (Å²) >= 11 is 0. The number of hydrogen-bond acceptors (Lipinski definition) is 3. The van der Waals surface area contributed by atoms with Gasteiger partial charge in [0.05, 0.1) is 18.0 Å². The first-order chi connectivity index (χ1) is 14.3. The Balaban J connectivity index is 1.54. The number of nitrogens with one attached hydrogen (secondary N) is 1. The highest BCUT2D eigenvalue weighted by Crippen LogP contribution is 2.25. The molecule has 1 aliphatic rings. The molecule has 0 unspecified atom stereocenters. The lowest BCUT2D eigenvalue weighted by Crippen LogP contribution is -2.32. The Labute approximate surface area is 180 Å². The van der Waals surface area contributed by atoms with Crippen LogP contribution in [0, 0.1) is 0 Å². The fourth-order valence-corrected chi connectivity index (χ4v) is 4.99. The average molecular weight is 429 g/mol. The second-order valence-electron chi connectivity index (χ2n) is 8.13. The fourth-order valence-electron chi connectivity index (χ4n) is 4.03. The number of benzene rings is 2. The standard InChI is InChI=1S/C24H32N2O3S/c1-4-19-10-14-23(15-11-19)26(30(3,28)29)16-6-9-24(27)25-18(2)21-13-12-20-7-5-8-22(20)17-21/h10-15,17-18H,4-9,16H2,1-3H3,(H,25,27)/t18-/m0/s1. The lowest BCUT2D eigenvalue weighted by atomic mass is 10.0. The average Bonchev–Trinajstić information content (AvgIpc) is 3.18. The first-order valence-electron chi connectivity index (χ1n) is 10.8. The van der Waals surface area contributed by atoms with Gasteiger partial charge in [-0.3, -0.25) is 9.10 Å². The first kappa shape index (κ1) is 22.3. The molecule has 0 aliphatic heterocycles. The summed E-state index contributed by atoms with van der Waals surface area (Å²) in [5.74, 6) is -0.0576. The van der Waals surface area contributed by atoms with E-state index in [-0.39, 0.29) is 24.9 Å². The normalized spacial score (nSPS) is 14.2. The van der Waals surface area contributed by atoms with Gasteiger partial charge in [-0.1, -0.05) is 37.3 Å². The second-order valence-corrected chi connectivity index (χ2v) is 10.0. The van der Waals surface area contributed by atoms with Crippen molar-refractivity contribution in [1.82, 2.24) is 5.32 Å². The molecule has 0 fully saturated rings. The van der Waals surface area contributed by atoms with Crippen LogP contribution < -0.4 is 9.62 Å². The summed E-state index contributed by atoms with van der Waals surface area (Å²) < 4.78 is 25.9. The number of aryl methyl sites for hydroxylation is 3. The van der Waals surface area contributed by atoms with Gasteiger partial charge in [-0.15, -0.1) is 0 Å². The number of amides is 1. The molecular formula is C24H32N2O3S. The highest BCUT2D eigenvalue weighted by atomic mass is 32.2. The zero-order valence-electron chi connectivity index (χ0n) is 18.1. The maximum Gasteiger partial charge on any atom is 0.232 e. The molecule has 6 heteroatoms. The molecule has 3 rings (SSSR count). The minimum atomic E-state index is -3.41. The summed E-state index contributed by atoms with van der Waals surface area (Å²) in [4.78, 5) is 12.4. The Bertz CT molecular complexity index is 984. The van der Waals surface area contributed by atoms with Crippen molar-refractivity contribution < 1.29 is 13.2 Å². The summed E-state index contributed by atoms with van der Waals surface area (Å²) in [5, 5.41) is 3.05. The van der Waals surface area contributed by atoms with Crippen molar-refractivity contribution in [3.63, 3.8) is 0 Å². The van der Waals surface area contributed by atoms with Gasteiger partial charge in [-0.25, -0.2) is 8.42 Å². The van der Waals surface area contributed by atoms with Crippen molar-refractivity contribution in [3.8, 4) is 0 Å². The van der Waals surface area contributed by atoms with Crippen molar-refractivity contribution >= 4 is 21.6 Å². The van der Waals surface area contributed by atoms with Gasteiger partial charge in [0.15, 0.2) is 0 Å². The topological polar surface area (TPSA) is 66.5 Å². The summed E-state index contributed by atoms with van der Waals surface area (Å²) in [6, 6.07) is 14.0. The van der Waals surface area contributed by atoms with Crippen LogP contribution in [0.15, 0.2) is 42.5 Å². The predicted molar refractivity (Wildman–Crippen MR) is 122 cm³/mol. The Hall–Kier alpha value is -2.34. The van der Waals surface area contributed by atoms with Crippen molar-refractivity contribution in [2.75, 3.05) is 17.1 Å². The van der Waals surface area contributed by atoms with E-state index in [4.69, 9.17) is 0 Å². The van der Waals surface area contributed by atoms with Crippen molar-refractivity contribution in [3.05, 3.63) is 64.7 Å². The molecule has 1 aliphatic carbocycles. The molecule has 30 heavy (non-hydrogen) atoms. The quantitative estimate of drug-likeness (QED) is 0.652. The highest BCUT2D eigenvalue weighted by molar-refractivity contribution is 7.92. The van der Waals surface area contributed by atoms with Crippen LogP contribution in [0.3, 0.4) is 0 Å². The Kier molecular flexibility index (Phi) is 7.19. The number of nitrogens with zero attached hydrogens (tertiary/aromatic N) is 1. The van der Waals surface area contributed by atoms with Crippen LogP contribution in [0.2, 0.25) is 0 Å². The molecule has 1 N–H and O–H groups in total. The predicted octanol–water partition coefficient (Wildman–Crippen LogP) is 4.16. The van der Waals surface area contributed by atoms with Gasteiger partial charge in [0.2, 0.25) is 15.9 Å². The number of anilines is 1. The van der Waals surface area contributed by atoms with Crippen LogP contribution in [0.5, 0.6) is 0 Å². The monoisotopic (exact) mass is 428 g/mol. The molecule has 0 bridgehead atoms. The number of carbonyl (C=O) groups is 1. The summed E-state index contributed by atoms with van der Waals surface area (Å²) in [6.07, 6.45) is 6.33. The van der Waals surface area contributed by atoms with E-state index >= 15 is 0 Å². The molecule has 0 spiro atoms. The Morgan fingerprint density at radius 1 is 1.10 bits per heavy atom. The molecule has 2 aromatic carbocycles. The lowest BCUT2D eigenvalue weighted by Gasteiger charge is -2.23. The van der Waals surface area contributed by atoms with Gasteiger partial charge >= 0.3 is 0 Å². The molecule has 0 aromatic heterocycles. The molecule has 5 nitrogen and oxygen atoms in total. The lowest BCUT2D eigenvalue weighted by molar-refractivity contribution is -0.121. The van der Waals surface area contributed by atoms with E-state index in [1.54, 1.807) is 0 Å². The van der Waals surface area contributed by atoms with Gasteiger partial charge < -0.3 is 5.32 Å². The van der Waals surface area contributed by atoms with Crippen LogP contribution in [0.1, 0.15) is 61.4 Å². The third kappa shape index (κ3) is 5.63. The van der Waals surface area contributed by atoms with Crippen LogP contribution in [0.25, 0.3) is 0 Å². The summed E-state index contributed by atoms with van der Waals surface area (Å²) in [6.45, 7) is 4.34. The van der Waals surface area contributed by atoms with Crippen LogP contribution >= 0.6 is 0 Å². The molecule has 0 saturated carbocycles. The Morgan fingerprint density at radius 2 is 1.80 bits per heavy atom. The maximum atomic E-state index is 12.4. The molecule has 0 radical (unpaired) electrons. The minimum Gasteiger partial charge on any atom is -0.350 e. The number of carbonyl (C=O) groups excluding carboxylic acids is 1.